The van der Waals surface area contributed by atoms with E-state index in [9.17, 15) is 4.79 Å². The summed E-state index contributed by atoms with van der Waals surface area (Å²) in [6, 6.07) is 18.1. The first-order chi connectivity index (χ1) is 12.3. The van der Waals surface area contributed by atoms with Gasteiger partial charge in [0.15, 0.2) is 0 Å². The fraction of sp³-hybridized carbons (Fsp3) is 0.350. The number of methoxy groups -OCH3 is 1. The summed E-state index contributed by atoms with van der Waals surface area (Å²) in [4.78, 5) is 16.6. The minimum absolute atomic E-state index is 0.0146. The van der Waals surface area contributed by atoms with Gasteiger partial charge in [-0.1, -0.05) is 48.5 Å². The van der Waals surface area contributed by atoms with Gasteiger partial charge >= 0.3 is 6.03 Å². The number of nitrogens with zero attached hydrogens (tertiary/aromatic N) is 2. The number of benzene rings is 2. The van der Waals surface area contributed by atoms with Crippen molar-refractivity contribution in [1.29, 1.82) is 0 Å². The van der Waals surface area contributed by atoms with Crippen molar-refractivity contribution < 1.29 is 9.53 Å². The third-order valence-corrected chi connectivity index (χ3v) is 4.53. The van der Waals surface area contributed by atoms with Crippen LogP contribution in [0.1, 0.15) is 11.1 Å². The summed E-state index contributed by atoms with van der Waals surface area (Å²) < 4.78 is 5.42. The molecule has 0 aliphatic carbocycles. The van der Waals surface area contributed by atoms with Crippen molar-refractivity contribution in [2.24, 2.45) is 0 Å². The second-order valence-corrected chi connectivity index (χ2v) is 6.22. The van der Waals surface area contributed by atoms with Gasteiger partial charge in [0.1, 0.15) is 5.75 Å². The first kappa shape index (κ1) is 17.3. The summed E-state index contributed by atoms with van der Waals surface area (Å²) in [5.41, 5.74) is 2.30. The predicted octanol–water partition coefficient (Wildman–Crippen LogP) is 2.72. The molecule has 1 aliphatic rings. The van der Waals surface area contributed by atoms with Crippen molar-refractivity contribution in [2.45, 2.75) is 13.1 Å². The Hall–Kier alpha value is -2.53. The molecule has 1 heterocycles. The second kappa shape index (κ2) is 8.53. The van der Waals surface area contributed by atoms with E-state index in [1.165, 1.54) is 5.56 Å². The van der Waals surface area contributed by atoms with Crippen LogP contribution < -0.4 is 10.1 Å². The Labute approximate surface area is 149 Å². The first-order valence-electron chi connectivity index (χ1n) is 8.67. The molecule has 1 aliphatic heterocycles. The van der Waals surface area contributed by atoms with Crippen LogP contribution in [0.2, 0.25) is 0 Å². The van der Waals surface area contributed by atoms with Crippen LogP contribution in [-0.2, 0) is 13.1 Å². The molecule has 0 spiro atoms. The lowest BCUT2D eigenvalue weighted by Gasteiger charge is -2.34. The maximum atomic E-state index is 12.3. The average molecular weight is 339 g/mol. The molecule has 2 aromatic carbocycles. The largest absolute Gasteiger partial charge is 0.496 e. The molecule has 3 rings (SSSR count). The summed E-state index contributed by atoms with van der Waals surface area (Å²) in [5, 5.41) is 3.00. The van der Waals surface area contributed by atoms with Crippen molar-refractivity contribution in [1.82, 2.24) is 15.1 Å². The molecule has 0 atom stereocenters. The number of nitrogens with one attached hydrogen (secondary N) is 1. The van der Waals surface area contributed by atoms with E-state index in [1.807, 2.05) is 53.4 Å². The van der Waals surface area contributed by atoms with Gasteiger partial charge in [0.2, 0.25) is 0 Å². The van der Waals surface area contributed by atoms with Crippen molar-refractivity contribution in [3.63, 3.8) is 0 Å². The zero-order valence-corrected chi connectivity index (χ0v) is 14.6. The van der Waals surface area contributed by atoms with Crippen molar-refractivity contribution in [3.05, 3.63) is 65.7 Å². The number of para-hydroxylation sites is 1. The maximum Gasteiger partial charge on any atom is 0.317 e. The highest BCUT2D eigenvalue weighted by atomic mass is 16.5. The lowest BCUT2D eigenvalue weighted by atomic mass is 10.1. The number of piperazine rings is 1. The smallest absolute Gasteiger partial charge is 0.317 e. The standard InChI is InChI=1S/C20H25N3O2/c1-25-19-10-6-5-9-18(19)16-22-11-13-23(14-12-22)20(24)21-15-17-7-3-2-4-8-17/h2-10H,11-16H2,1H3,(H,21,24). The lowest BCUT2D eigenvalue weighted by molar-refractivity contribution is 0.134. The minimum Gasteiger partial charge on any atom is -0.496 e. The van der Waals surface area contributed by atoms with E-state index in [4.69, 9.17) is 4.74 Å². The number of urea groups is 1. The zero-order valence-electron chi connectivity index (χ0n) is 14.6. The molecule has 2 amide bonds. The Bertz CT molecular complexity index is 682. The summed E-state index contributed by atoms with van der Waals surface area (Å²) in [7, 11) is 1.70. The molecular formula is C20H25N3O2. The van der Waals surface area contributed by atoms with Gasteiger partial charge in [-0.3, -0.25) is 4.90 Å². The van der Waals surface area contributed by atoms with Crippen LogP contribution in [0.3, 0.4) is 0 Å². The molecule has 25 heavy (non-hydrogen) atoms. The highest BCUT2D eigenvalue weighted by molar-refractivity contribution is 5.74. The summed E-state index contributed by atoms with van der Waals surface area (Å²) in [5.74, 6) is 0.922. The molecule has 2 aromatic rings. The first-order valence-corrected chi connectivity index (χ1v) is 8.67. The van der Waals surface area contributed by atoms with E-state index in [0.29, 0.717) is 6.54 Å². The number of carbonyl (C=O) groups is 1. The lowest BCUT2D eigenvalue weighted by Crippen LogP contribution is -2.51. The van der Waals surface area contributed by atoms with E-state index < -0.39 is 0 Å². The normalized spacial score (nSPS) is 15.0. The molecular weight excluding hydrogens is 314 g/mol. The molecule has 0 radical (unpaired) electrons. The molecule has 0 saturated carbocycles. The molecule has 1 saturated heterocycles. The Morgan fingerprint density at radius 2 is 1.68 bits per heavy atom. The van der Waals surface area contributed by atoms with E-state index in [-0.39, 0.29) is 6.03 Å². The van der Waals surface area contributed by atoms with Gasteiger partial charge in [-0.2, -0.15) is 0 Å². The Balaban J connectivity index is 1.46. The van der Waals surface area contributed by atoms with Crippen LogP contribution in [0.5, 0.6) is 5.75 Å². The Kier molecular flexibility index (Phi) is 5.90. The number of hydrogen-bond acceptors (Lipinski definition) is 3. The van der Waals surface area contributed by atoms with Crippen LogP contribution in [0.25, 0.3) is 0 Å². The highest BCUT2D eigenvalue weighted by Crippen LogP contribution is 2.19. The number of carbonyl (C=O) groups excluding carboxylic acids is 1. The second-order valence-electron chi connectivity index (χ2n) is 6.22. The molecule has 1 fully saturated rings. The SMILES string of the molecule is COc1ccccc1CN1CCN(C(=O)NCc2ccccc2)CC1. The van der Waals surface area contributed by atoms with E-state index >= 15 is 0 Å². The minimum atomic E-state index is 0.0146. The fourth-order valence-electron chi connectivity index (χ4n) is 3.07. The molecule has 0 bridgehead atoms. The van der Waals surface area contributed by atoms with Crippen molar-refractivity contribution >= 4 is 6.03 Å². The summed E-state index contributed by atoms with van der Waals surface area (Å²) in [6.45, 7) is 4.66. The van der Waals surface area contributed by atoms with Gasteiger partial charge in [-0.25, -0.2) is 4.79 Å². The predicted molar refractivity (Wildman–Crippen MR) is 98.5 cm³/mol. The number of hydrogen-bond donors (Lipinski definition) is 1. The van der Waals surface area contributed by atoms with Crippen LogP contribution in [0.4, 0.5) is 4.79 Å². The van der Waals surface area contributed by atoms with Gasteiger partial charge in [-0.15, -0.1) is 0 Å². The van der Waals surface area contributed by atoms with Crippen LogP contribution in [0.15, 0.2) is 54.6 Å². The van der Waals surface area contributed by atoms with Crippen molar-refractivity contribution in [3.8, 4) is 5.75 Å². The highest BCUT2D eigenvalue weighted by Gasteiger charge is 2.21. The third kappa shape index (κ3) is 4.73. The maximum absolute atomic E-state index is 12.3. The number of rotatable bonds is 5. The van der Waals surface area contributed by atoms with Gasteiger partial charge in [0, 0.05) is 44.8 Å². The third-order valence-electron chi connectivity index (χ3n) is 4.53. The van der Waals surface area contributed by atoms with Crippen LogP contribution >= 0.6 is 0 Å². The van der Waals surface area contributed by atoms with Crippen LogP contribution in [-0.4, -0.2) is 49.1 Å². The van der Waals surface area contributed by atoms with E-state index in [1.54, 1.807) is 7.11 Å². The molecule has 5 heteroatoms. The van der Waals surface area contributed by atoms with E-state index in [2.05, 4.69) is 16.3 Å². The topological polar surface area (TPSA) is 44.8 Å². The van der Waals surface area contributed by atoms with Crippen LogP contribution in [0, 0.1) is 0 Å². The molecule has 0 unspecified atom stereocenters. The van der Waals surface area contributed by atoms with Gasteiger partial charge in [0.05, 0.1) is 7.11 Å². The quantitative estimate of drug-likeness (QED) is 0.911. The monoisotopic (exact) mass is 339 g/mol. The average Bonchev–Trinajstić information content (AvgIpc) is 2.68. The molecule has 5 nitrogen and oxygen atoms in total. The van der Waals surface area contributed by atoms with Crippen molar-refractivity contribution in [2.75, 3.05) is 33.3 Å². The molecule has 0 aromatic heterocycles. The zero-order chi connectivity index (χ0) is 17.5. The van der Waals surface area contributed by atoms with Gasteiger partial charge in [-0.05, 0) is 11.6 Å². The van der Waals surface area contributed by atoms with Gasteiger partial charge in [0.25, 0.3) is 0 Å². The van der Waals surface area contributed by atoms with E-state index in [0.717, 1.165) is 44.0 Å². The van der Waals surface area contributed by atoms with Gasteiger partial charge < -0.3 is 15.0 Å². The number of amides is 2. The Morgan fingerprint density at radius 1 is 1.00 bits per heavy atom. The molecule has 132 valence electrons. The summed E-state index contributed by atoms with van der Waals surface area (Å²) in [6.07, 6.45) is 0. The summed E-state index contributed by atoms with van der Waals surface area (Å²) >= 11 is 0. The fourth-order valence-corrected chi connectivity index (χ4v) is 3.07. The Morgan fingerprint density at radius 3 is 2.40 bits per heavy atom. The molecule has 1 N–H and O–H groups in total. The number of ether oxygens (including phenoxy) is 1.